The second-order valence-corrected chi connectivity index (χ2v) is 27.1. The van der Waals surface area contributed by atoms with E-state index in [4.69, 9.17) is 0 Å². The Morgan fingerprint density at radius 3 is 1.57 bits per heavy atom. The van der Waals surface area contributed by atoms with Crippen LogP contribution in [0.25, 0.3) is 120 Å². The molecule has 0 atom stereocenters. The minimum atomic E-state index is -0.142. The van der Waals surface area contributed by atoms with Crippen molar-refractivity contribution in [1.29, 1.82) is 5.26 Å². The predicted octanol–water partition coefficient (Wildman–Crippen LogP) is 20.8. The lowest BCUT2D eigenvalue weighted by Gasteiger charge is -2.42. The second kappa shape index (κ2) is 20.2. The fraction of sp³-hybridized carbons (Fsp3) is 0.0482. The number of fused-ring (bicyclic) bond motifs is 14. The maximum absolute atomic E-state index is 10.5. The summed E-state index contributed by atoms with van der Waals surface area (Å²) >= 11 is 3.86. The quantitative estimate of drug-likeness (QED) is 0.149. The molecule has 2 aliphatic heterocycles. The molecule has 5 heterocycles. The molecular formula is C83H55BN4S2. The van der Waals surface area contributed by atoms with Gasteiger partial charge in [-0.3, -0.25) is 0 Å². The topological polar surface area (TPSA) is 36.9 Å². The van der Waals surface area contributed by atoms with Crippen molar-refractivity contribution in [1.82, 2.24) is 9.13 Å². The Morgan fingerprint density at radius 2 is 0.922 bits per heavy atom. The van der Waals surface area contributed by atoms with E-state index in [9.17, 15) is 5.26 Å². The molecule has 7 heteroatoms. The number of hydrogen-bond donors (Lipinski definition) is 0. The molecule has 4 nitrogen and oxygen atoms in total. The monoisotopic (exact) mass is 1180 g/mol. The van der Waals surface area contributed by atoms with E-state index in [0.29, 0.717) is 5.56 Å². The van der Waals surface area contributed by atoms with Crippen LogP contribution in [-0.2, 0) is 5.41 Å². The molecule has 0 saturated carbocycles. The molecule has 18 rings (SSSR count). The third kappa shape index (κ3) is 8.01. The minimum Gasteiger partial charge on any atom is -0.310 e. The molecule has 3 aromatic heterocycles. The standard InChI is InChI=1S/C83H55BN4S2/c1-83(2,3)57-36-42-74-68(46-57)67-43-51(50-85)35-41-73(67)87(74)59-48-76-78-77(49-59)89-82-70(40-38-64-63-32-20-31-60(80(63)90-81(64)82)53-23-10-5-11-24-53)84(78)69-39-37-58(86-71-33-18-16-29-61(71)62-30-17-19-34-72(62)86)47-75(69)88(76)79-65(54-25-12-6-13-26-54)44-56(52-21-8-4-9-22-52)45-66(79)55-27-14-7-15-28-55/h4-49H,1-3H3. The molecule has 0 fully saturated rings. The van der Waals surface area contributed by atoms with Crippen LogP contribution in [0.4, 0.5) is 17.1 Å². The average molecular weight is 1180 g/mol. The maximum atomic E-state index is 10.5. The van der Waals surface area contributed by atoms with Gasteiger partial charge in [-0.15, -0.1) is 11.3 Å². The summed E-state index contributed by atoms with van der Waals surface area (Å²) in [6.07, 6.45) is 0. The molecule has 0 radical (unpaired) electrons. The van der Waals surface area contributed by atoms with Gasteiger partial charge < -0.3 is 14.0 Å². The van der Waals surface area contributed by atoms with Gasteiger partial charge in [0.25, 0.3) is 0 Å². The Hall–Kier alpha value is -10.6. The van der Waals surface area contributed by atoms with Crippen LogP contribution in [0, 0.1) is 11.3 Å². The molecule has 0 aliphatic carbocycles. The average Bonchev–Trinajstić information content (AvgIpc) is 0.894. The predicted molar refractivity (Wildman–Crippen MR) is 383 cm³/mol. The highest BCUT2D eigenvalue weighted by atomic mass is 32.2. The van der Waals surface area contributed by atoms with E-state index < -0.39 is 0 Å². The second-order valence-electron chi connectivity index (χ2n) is 25.1. The summed E-state index contributed by atoms with van der Waals surface area (Å²) in [4.78, 5) is 5.19. The Bertz CT molecular complexity index is 5580. The molecule has 0 N–H and O–H groups in total. The highest BCUT2D eigenvalue weighted by molar-refractivity contribution is 8.00. The summed E-state index contributed by atoms with van der Waals surface area (Å²) in [5.74, 6) is 0. The van der Waals surface area contributed by atoms with Gasteiger partial charge in [-0.25, -0.2) is 0 Å². The Labute approximate surface area is 530 Å². The molecule has 90 heavy (non-hydrogen) atoms. The van der Waals surface area contributed by atoms with Crippen LogP contribution in [-0.4, -0.2) is 15.8 Å². The van der Waals surface area contributed by atoms with Crippen LogP contribution in [0.2, 0.25) is 0 Å². The normalized spacial score (nSPS) is 12.7. The lowest BCUT2D eigenvalue weighted by atomic mass is 9.35. The van der Waals surface area contributed by atoms with Gasteiger partial charge in [0.1, 0.15) is 0 Å². The van der Waals surface area contributed by atoms with Crippen LogP contribution < -0.4 is 21.3 Å². The van der Waals surface area contributed by atoms with Gasteiger partial charge in [0.05, 0.1) is 39.4 Å². The van der Waals surface area contributed by atoms with Crippen molar-refractivity contribution in [2.45, 2.75) is 36.0 Å². The van der Waals surface area contributed by atoms with E-state index in [2.05, 4.69) is 314 Å². The molecule has 0 amide bonds. The Kier molecular flexibility index (Phi) is 11.8. The lowest BCUT2D eigenvalue weighted by molar-refractivity contribution is 0.591. The molecule has 16 aromatic rings. The van der Waals surface area contributed by atoms with E-state index in [1.807, 2.05) is 29.2 Å². The third-order valence-electron chi connectivity index (χ3n) is 18.9. The van der Waals surface area contributed by atoms with Gasteiger partial charge >= 0.3 is 0 Å². The summed E-state index contributed by atoms with van der Waals surface area (Å²) in [6.45, 7) is 6.70. The van der Waals surface area contributed by atoms with Gasteiger partial charge in [0, 0.05) is 85.4 Å². The third-order valence-corrected chi connectivity index (χ3v) is 21.5. The molecule has 422 valence electrons. The summed E-state index contributed by atoms with van der Waals surface area (Å²) < 4.78 is 7.56. The van der Waals surface area contributed by atoms with E-state index >= 15 is 0 Å². The van der Waals surface area contributed by atoms with Gasteiger partial charge in [-0.05, 0) is 134 Å². The van der Waals surface area contributed by atoms with Crippen LogP contribution >= 0.6 is 23.1 Å². The van der Waals surface area contributed by atoms with Crippen molar-refractivity contribution in [3.63, 3.8) is 0 Å². The Balaban J connectivity index is 1.01. The van der Waals surface area contributed by atoms with E-state index in [-0.39, 0.29) is 12.1 Å². The fourth-order valence-electron chi connectivity index (χ4n) is 14.8. The van der Waals surface area contributed by atoms with Gasteiger partial charge in [-0.1, -0.05) is 238 Å². The lowest BCUT2D eigenvalue weighted by Crippen LogP contribution is -2.60. The number of rotatable bonds is 7. The number of nitriles is 1. The zero-order valence-electron chi connectivity index (χ0n) is 49.7. The first-order valence-corrected chi connectivity index (χ1v) is 32.5. The first kappa shape index (κ1) is 52.5. The zero-order valence-corrected chi connectivity index (χ0v) is 51.4. The van der Waals surface area contributed by atoms with Gasteiger partial charge in [-0.2, -0.15) is 5.26 Å². The van der Waals surface area contributed by atoms with Gasteiger partial charge in [0.2, 0.25) is 6.71 Å². The van der Waals surface area contributed by atoms with E-state index in [1.165, 1.54) is 73.8 Å². The van der Waals surface area contributed by atoms with Crippen LogP contribution in [0.5, 0.6) is 0 Å². The number of benzene rings is 13. The minimum absolute atomic E-state index is 0.0980. The van der Waals surface area contributed by atoms with Crippen molar-refractivity contribution in [3.8, 4) is 62.0 Å². The molecule has 0 saturated heterocycles. The number of para-hydroxylation sites is 2. The largest absolute Gasteiger partial charge is 0.310 e. The number of aromatic nitrogens is 2. The Morgan fingerprint density at radius 1 is 0.389 bits per heavy atom. The van der Waals surface area contributed by atoms with Crippen LogP contribution in [0.1, 0.15) is 31.9 Å². The zero-order chi connectivity index (χ0) is 59.9. The number of thiophene rings is 1. The molecule has 2 aliphatic rings. The summed E-state index contributed by atoms with van der Waals surface area (Å²) in [6, 6.07) is 106. The van der Waals surface area contributed by atoms with Crippen molar-refractivity contribution >= 4 is 127 Å². The maximum Gasteiger partial charge on any atom is 0.249 e. The molecule has 0 bridgehead atoms. The molecular weight excluding hydrogens is 1130 g/mol. The van der Waals surface area contributed by atoms with E-state index in [1.54, 1.807) is 0 Å². The highest BCUT2D eigenvalue weighted by Gasteiger charge is 2.44. The van der Waals surface area contributed by atoms with Crippen molar-refractivity contribution in [2.24, 2.45) is 0 Å². The van der Waals surface area contributed by atoms with Crippen molar-refractivity contribution < 1.29 is 0 Å². The van der Waals surface area contributed by atoms with Crippen molar-refractivity contribution in [3.05, 3.63) is 290 Å². The first-order chi connectivity index (χ1) is 44.2. The first-order valence-electron chi connectivity index (χ1n) is 30.9. The number of anilines is 3. The van der Waals surface area contributed by atoms with Crippen LogP contribution in [0.3, 0.4) is 0 Å². The van der Waals surface area contributed by atoms with Crippen LogP contribution in [0.15, 0.2) is 289 Å². The molecule has 0 spiro atoms. The smallest absolute Gasteiger partial charge is 0.249 e. The summed E-state index contributed by atoms with van der Waals surface area (Å²) in [7, 11) is 0. The van der Waals surface area contributed by atoms with Crippen molar-refractivity contribution in [2.75, 3.05) is 4.90 Å². The fourth-order valence-corrected chi connectivity index (χ4v) is 17.5. The number of hydrogen-bond acceptors (Lipinski definition) is 4. The molecule has 0 unspecified atom stereocenters. The molecule has 13 aromatic carbocycles. The number of nitrogens with zero attached hydrogens (tertiary/aromatic N) is 4. The highest BCUT2D eigenvalue weighted by Crippen LogP contribution is 2.54. The SMILES string of the molecule is CC(C)(C)c1ccc2c(c1)c1cc(C#N)ccc1n2-c1cc2c3c(c1)N(c1c(-c4ccccc4)cc(-c4ccccc4)cc1-c1ccccc1)c1cc(-n4c5ccccc5c5ccccc54)ccc1B3c1ccc3c(sc4c(-c5ccccc5)cccc43)c1S2. The van der Waals surface area contributed by atoms with Gasteiger partial charge in [0.15, 0.2) is 0 Å². The summed E-state index contributed by atoms with van der Waals surface area (Å²) in [5.41, 5.74) is 24.9. The van der Waals surface area contributed by atoms with E-state index in [0.717, 1.165) is 94.7 Å². The summed E-state index contributed by atoms with van der Waals surface area (Å²) in [5, 5.41) is 17.7.